The minimum Gasteiger partial charge on any atom is -0.336 e. The molecule has 0 saturated carbocycles. The molecule has 1 aromatic carbocycles. The molecule has 1 heterocycles. The fraction of sp³-hybridized carbons (Fsp3) is 0.417. The van der Waals surface area contributed by atoms with E-state index in [1.165, 1.54) is 6.07 Å². The van der Waals surface area contributed by atoms with Crippen molar-refractivity contribution in [1.82, 2.24) is 4.90 Å². The largest absolute Gasteiger partial charge is 0.336 e. The van der Waals surface area contributed by atoms with Crippen LogP contribution in [-0.4, -0.2) is 16.8 Å². The number of carbonyl (C=O) groups is 1. The Morgan fingerprint density at radius 2 is 2.20 bits per heavy atom. The Kier molecular flexibility index (Phi) is 2.71. The second-order valence-electron chi connectivity index (χ2n) is 4.00. The fourth-order valence-corrected chi connectivity index (χ4v) is 1.93. The van der Waals surface area contributed by atoms with Gasteiger partial charge in [-0.15, -0.1) is 0 Å². The van der Waals surface area contributed by atoms with Crippen LogP contribution in [-0.2, 0) is 11.3 Å². The highest BCUT2D eigenvalue weighted by molar-refractivity contribution is 5.78. The van der Waals surface area contributed by atoms with Crippen LogP contribution in [0.1, 0.15) is 25.3 Å². The lowest BCUT2D eigenvalue weighted by Crippen LogP contribution is -2.30. The van der Waals surface area contributed by atoms with Crippen LogP contribution in [0.25, 0.3) is 0 Å². The highest BCUT2D eigenvalue weighted by Gasteiger charge is 2.27. The molecule has 1 fully saturated rings. The number of amides is 1. The molecule has 1 amide bonds. The molecule has 1 saturated heterocycles. The van der Waals surface area contributed by atoms with Crippen molar-refractivity contribution in [2.45, 2.75) is 32.4 Å². The monoisotopic (exact) mass is 207 g/mol. The summed E-state index contributed by atoms with van der Waals surface area (Å²) < 4.78 is 13.4. The Labute approximate surface area is 88.7 Å². The summed E-state index contributed by atoms with van der Waals surface area (Å²) in [6.07, 6.45) is 1.48. The van der Waals surface area contributed by atoms with Crippen molar-refractivity contribution < 1.29 is 9.18 Å². The van der Waals surface area contributed by atoms with Crippen molar-refractivity contribution in [2.75, 3.05) is 0 Å². The van der Waals surface area contributed by atoms with Crippen LogP contribution >= 0.6 is 0 Å². The van der Waals surface area contributed by atoms with E-state index in [4.69, 9.17) is 0 Å². The van der Waals surface area contributed by atoms with Gasteiger partial charge in [-0.05, 0) is 19.4 Å². The minimum absolute atomic E-state index is 0.130. The normalized spacial score (nSPS) is 21.1. The molecule has 1 atom stereocenters. The van der Waals surface area contributed by atoms with E-state index in [1.54, 1.807) is 23.1 Å². The van der Waals surface area contributed by atoms with Gasteiger partial charge in [0.05, 0.1) is 0 Å². The van der Waals surface area contributed by atoms with Crippen LogP contribution in [0.15, 0.2) is 24.3 Å². The van der Waals surface area contributed by atoms with Crippen molar-refractivity contribution in [1.29, 1.82) is 0 Å². The fourth-order valence-electron chi connectivity index (χ4n) is 1.93. The third kappa shape index (κ3) is 2.01. The molecule has 2 nitrogen and oxygen atoms in total. The highest BCUT2D eigenvalue weighted by atomic mass is 19.1. The molecule has 3 heteroatoms. The van der Waals surface area contributed by atoms with Crippen molar-refractivity contribution in [3.05, 3.63) is 35.6 Å². The maximum absolute atomic E-state index is 13.4. The Morgan fingerprint density at radius 1 is 1.47 bits per heavy atom. The smallest absolute Gasteiger partial charge is 0.223 e. The van der Waals surface area contributed by atoms with Crippen LogP contribution in [0.4, 0.5) is 4.39 Å². The van der Waals surface area contributed by atoms with Crippen LogP contribution in [0.5, 0.6) is 0 Å². The standard InChI is InChI=1S/C12H14FNO/c1-9-6-7-12(15)14(9)8-10-4-2-3-5-11(10)13/h2-5,9H,6-8H2,1H3/t9-/m1/s1. The van der Waals surface area contributed by atoms with Gasteiger partial charge in [0, 0.05) is 24.6 Å². The number of hydrogen-bond acceptors (Lipinski definition) is 1. The van der Waals surface area contributed by atoms with Gasteiger partial charge >= 0.3 is 0 Å². The van der Waals surface area contributed by atoms with E-state index in [9.17, 15) is 9.18 Å². The van der Waals surface area contributed by atoms with Crippen molar-refractivity contribution in [2.24, 2.45) is 0 Å². The van der Waals surface area contributed by atoms with Gasteiger partial charge in [0.15, 0.2) is 0 Å². The summed E-state index contributed by atoms with van der Waals surface area (Å²) in [4.78, 5) is 13.3. The summed E-state index contributed by atoms with van der Waals surface area (Å²) in [5.74, 6) is -0.102. The highest BCUT2D eigenvalue weighted by Crippen LogP contribution is 2.21. The van der Waals surface area contributed by atoms with E-state index in [0.717, 1.165) is 6.42 Å². The molecule has 1 aliphatic heterocycles. The van der Waals surface area contributed by atoms with Gasteiger partial charge in [-0.25, -0.2) is 4.39 Å². The van der Waals surface area contributed by atoms with Crippen LogP contribution in [0.3, 0.4) is 0 Å². The molecule has 0 radical (unpaired) electrons. The zero-order chi connectivity index (χ0) is 10.8. The van der Waals surface area contributed by atoms with E-state index in [0.29, 0.717) is 18.5 Å². The molecule has 0 aliphatic carbocycles. The van der Waals surface area contributed by atoms with Gasteiger partial charge in [-0.2, -0.15) is 0 Å². The average molecular weight is 207 g/mol. The van der Waals surface area contributed by atoms with E-state index in [-0.39, 0.29) is 17.8 Å². The third-order valence-electron chi connectivity index (χ3n) is 2.93. The molecule has 2 rings (SSSR count). The molecular weight excluding hydrogens is 193 g/mol. The molecule has 0 unspecified atom stereocenters. The second kappa shape index (κ2) is 4.01. The zero-order valence-corrected chi connectivity index (χ0v) is 8.74. The first-order chi connectivity index (χ1) is 7.18. The van der Waals surface area contributed by atoms with Gasteiger partial charge < -0.3 is 4.90 Å². The lowest BCUT2D eigenvalue weighted by molar-refractivity contribution is -0.129. The topological polar surface area (TPSA) is 20.3 Å². The zero-order valence-electron chi connectivity index (χ0n) is 8.74. The van der Waals surface area contributed by atoms with Crippen molar-refractivity contribution in [3.63, 3.8) is 0 Å². The number of hydrogen-bond donors (Lipinski definition) is 0. The van der Waals surface area contributed by atoms with Crippen molar-refractivity contribution >= 4 is 5.91 Å². The summed E-state index contributed by atoms with van der Waals surface area (Å²) in [5, 5.41) is 0. The molecule has 0 aromatic heterocycles. The average Bonchev–Trinajstić information content (AvgIpc) is 2.53. The Hall–Kier alpha value is -1.38. The van der Waals surface area contributed by atoms with Crippen molar-refractivity contribution in [3.8, 4) is 0 Å². The number of rotatable bonds is 2. The molecule has 0 N–H and O–H groups in total. The Morgan fingerprint density at radius 3 is 2.80 bits per heavy atom. The third-order valence-corrected chi connectivity index (χ3v) is 2.93. The van der Waals surface area contributed by atoms with E-state index in [2.05, 4.69) is 0 Å². The van der Waals surface area contributed by atoms with Gasteiger partial charge in [0.25, 0.3) is 0 Å². The summed E-state index contributed by atoms with van der Waals surface area (Å²) in [6, 6.07) is 6.85. The van der Waals surface area contributed by atoms with E-state index < -0.39 is 0 Å². The lowest BCUT2D eigenvalue weighted by Gasteiger charge is -2.21. The Balaban J connectivity index is 2.15. The van der Waals surface area contributed by atoms with E-state index >= 15 is 0 Å². The molecule has 15 heavy (non-hydrogen) atoms. The Bertz CT molecular complexity index is 378. The predicted octanol–water partition coefficient (Wildman–Crippen LogP) is 2.34. The number of benzene rings is 1. The number of nitrogens with zero attached hydrogens (tertiary/aromatic N) is 1. The maximum Gasteiger partial charge on any atom is 0.223 e. The molecular formula is C12H14FNO. The quantitative estimate of drug-likeness (QED) is 0.729. The minimum atomic E-state index is -0.232. The van der Waals surface area contributed by atoms with Gasteiger partial charge in [0.1, 0.15) is 5.82 Å². The first-order valence-corrected chi connectivity index (χ1v) is 5.21. The number of carbonyl (C=O) groups excluding carboxylic acids is 1. The predicted molar refractivity (Wildman–Crippen MR) is 55.6 cm³/mol. The van der Waals surface area contributed by atoms with Crippen LogP contribution < -0.4 is 0 Å². The number of likely N-dealkylation sites (tertiary alicyclic amines) is 1. The molecule has 1 aromatic rings. The number of halogens is 1. The first-order valence-electron chi connectivity index (χ1n) is 5.21. The molecule has 80 valence electrons. The van der Waals surface area contributed by atoms with Crippen LogP contribution in [0, 0.1) is 5.82 Å². The first kappa shape index (κ1) is 10.1. The summed E-state index contributed by atoms with van der Waals surface area (Å²) in [7, 11) is 0. The maximum atomic E-state index is 13.4. The second-order valence-corrected chi connectivity index (χ2v) is 4.00. The summed E-state index contributed by atoms with van der Waals surface area (Å²) in [6.45, 7) is 2.40. The SMILES string of the molecule is C[C@@H]1CCC(=O)N1Cc1ccccc1F. The molecule has 0 bridgehead atoms. The molecule has 1 aliphatic rings. The van der Waals surface area contributed by atoms with Crippen LogP contribution in [0.2, 0.25) is 0 Å². The lowest BCUT2D eigenvalue weighted by atomic mass is 10.2. The summed E-state index contributed by atoms with van der Waals surface area (Å²) >= 11 is 0. The van der Waals surface area contributed by atoms with E-state index in [1.807, 2.05) is 6.92 Å². The summed E-state index contributed by atoms with van der Waals surface area (Å²) in [5.41, 5.74) is 0.597. The van der Waals surface area contributed by atoms with Gasteiger partial charge in [0.2, 0.25) is 5.91 Å². The molecule has 0 spiro atoms. The van der Waals surface area contributed by atoms with Gasteiger partial charge in [-0.3, -0.25) is 4.79 Å². The van der Waals surface area contributed by atoms with Gasteiger partial charge in [-0.1, -0.05) is 18.2 Å².